The highest BCUT2D eigenvalue weighted by atomic mass is 35.5. The van der Waals surface area contributed by atoms with Crippen LogP contribution in [0.1, 0.15) is 18.9 Å². The van der Waals surface area contributed by atoms with Crippen molar-refractivity contribution >= 4 is 45.0 Å². The number of halogens is 2. The maximum atomic E-state index is 12.4. The van der Waals surface area contributed by atoms with Crippen molar-refractivity contribution in [1.29, 1.82) is 0 Å². The SMILES string of the molecule is CCC(CSC)NS(=O)(=O)c1cc(Cl)cc(CO)c1Cl. The van der Waals surface area contributed by atoms with Gasteiger partial charge in [0.2, 0.25) is 10.0 Å². The smallest absolute Gasteiger partial charge is 0.242 e. The Balaban J connectivity index is 3.18. The summed E-state index contributed by atoms with van der Waals surface area (Å²) < 4.78 is 27.4. The summed E-state index contributed by atoms with van der Waals surface area (Å²) in [6.45, 7) is 1.53. The number of nitrogens with one attached hydrogen (secondary N) is 1. The molecular formula is C12H17Cl2NO3S2. The first-order valence-corrected chi connectivity index (χ1v) is 9.59. The summed E-state index contributed by atoms with van der Waals surface area (Å²) in [4.78, 5) is -0.102. The molecule has 0 fully saturated rings. The topological polar surface area (TPSA) is 66.4 Å². The Morgan fingerprint density at radius 3 is 2.55 bits per heavy atom. The number of hydrogen-bond donors (Lipinski definition) is 2. The van der Waals surface area contributed by atoms with Crippen LogP contribution in [-0.2, 0) is 16.6 Å². The molecule has 0 saturated carbocycles. The fourth-order valence-electron chi connectivity index (χ4n) is 1.65. The van der Waals surface area contributed by atoms with E-state index < -0.39 is 10.0 Å². The van der Waals surface area contributed by atoms with E-state index in [1.165, 1.54) is 12.1 Å². The Bertz CT molecular complexity index is 564. The van der Waals surface area contributed by atoms with Gasteiger partial charge in [-0.05, 0) is 30.4 Å². The van der Waals surface area contributed by atoms with E-state index in [0.717, 1.165) is 0 Å². The van der Waals surface area contributed by atoms with E-state index in [9.17, 15) is 13.5 Å². The van der Waals surface area contributed by atoms with Gasteiger partial charge in [0.05, 0.1) is 11.6 Å². The number of hydrogen-bond acceptors (Lipinski definition) is 4. The quantitative estimate of drug-likeness (QED) is 0.787. The van der Waals surface area contributed by atoms with Crippen molar-refractivity contribution < 1.29 is 13.5 Å². The molecule has 1 aromatic rings. The number of aliphatic hydroxyl groups is 1. The highest BCUT2D eigenvalue weighted by molar-refractivity contribution is 7.98. The molecule has 0 radical (unpaired) electrons. The second-order valence-electron chi connectivity index (χ2n) is 4.22. The third-order valence-corrected chi connectivity index (χ3v) is 5.78. The fraction of sp³-hybridized carbons (Fsp3) is 0.500. The summed E-state index contributed by atoms with van der Waals surface area (Å²) in [7, 11) is -3.77. The van der Waals surface area contributed by atoms with Crippen molar-refractivity contribution in [3.63, 3.8) is 0 Å². The van der Waals surface area contributed by atoms with Crippen LogP contribution in [-0.4, -0.2) is 31.6 Å². The first-order chi connectivity index (χ1) is 9.35. The van der Waals surface area contributed by atoms with Crippen molar-refractivity contribution in [2.24, 2.45) is 0 Å². The van der Waals surface area contributed by atoms with Gasteiger partial charge in [-0.15, -0.1) is 0 Å². The molecule has 1 aromatic carbocycles. The predicted molar refractivity (Wildman–Crippen MR) is 85.2 cm³/mol. The minimum absolute atomic E-state index is 0.00315. The fourth-order valence-corrected chi connectivity index (χ4v) is 4.72. The Kier molecular flexibility index (Phi) is 7.11. The lowest BCUT2D eigenvalue weighted by Gasteiger charge is -2.17. The molecule has 0 spiro atoms. The van der Waals surface area contributed by atoms with Crippen LogP contribution in [0.2, 0.25) is 10.0 Å². The summed E-state index contributed by atoms with van der Waals surface area (Å²) in [5.74, 6) is 0.667. The van der Waals surface area contributed by atoms with E-state index in [0.29, 0.717) is 12.2 Å². The Morgan fingerprint density at radius 2 is 2.05 bits per heavy atom. The molecule has 1 atom stereocenters. The molecule has 0 saturated heterocycles. The van der Waals surface area contributed by atoms with Crippen LogP contribution in [0.3, 0.4) is 0 Å². The second kappa shape index (κ2) is 7.87. The minimum Gasteiger partial charge on any atom is -0.392 e. The van der Waals surface area contributed by atoms with Crippen molar-refractivity contribution in [2.75, 3.05) is 12.0 Å². The molecule has 20 heavy (non-hydrogen) atoms. The summed E-state index contributed by atoms with van der Waals surface area (Å²) in [5, 5.41) is 9.41. The van der Waals surface area contributed by atoms with Crippen LogP contribution < -0.4 is 4.72 Å². The van der Waals surface area contributed by atoms with E-state index in [-0.39, 0.29) is 33.2 Å². The molecule has 0 aromatic heterocycles. The molecule has 1 rings (SSSR count). The Labute approximate surface area is 133 Å². The summed E-state index contributed by atoms with van der Waals surface area (Å²) in [5.41, 5.74) is 0.289. The highest BCUT2D eigenvalue weighted by Gasteiger charge is 2.23. The van der Waals surface area contributed by atoms with Gasteiger partial charge in [-0.2, -0.15) is 11.8 Å². The van der Waals surface area contributed by atoms with Gasteiger partial charge in [-0.1, -0.05) is 30.1 Å². The van der Waals surface area contributed by atoms with E-state index >= 15 is 0 Å². The second-order valence-corrected chi connectivity index (χ2v) is 7.62. The van der Waals surface area contributed by atoms with Crippen LogP contribution in [0.25, 0.3) is 0 Å². The Morgan fingerprint density at radius 1 is 1.40 bits per heavy atom. The largest absolute Gasteiger partial charge is 0.392 e. The van der Waals surface area contributed by atoms with Crippen LogP contribution >= 0.6 is 35.0 Å². The van der Waals surface area contributed by atoms with Crippen LogP contribution in [0.4, 0.5) is 0 Å². The summed E-state index contributed by atoms with van der Waals surface area (Å²) in [6.07, 6.45) is 2.58. The third-order valence-electron chi connectivity index (χ3n) is 2.72. The van der Waals surface area contributed by atoms with Gasteiger partial charge in [0.25, 0.3) is 0 Å². The van der Waals surface area contributed by atoms with E-state index in [4.69, 9.17) is 23.2 Å². The van der Waals surface area contributed by atoms with Gasteiger partial charge in [-0.3, -0.25) is 0 Å². The maximum Gasteiger partial charge on any atom is 0.242 e. The number of sulfonamides is 1. The third kappa shape index (κ3) is 4.51. The lowest BCUT2D eigenvalue weighted by molar-refractivity contribution is 0.281. The first kappa shape index (κ1) is 18.1. The number of thioether (sulfide) groups is 1. The molecule has 0 amide bonds. The molecule has 0 aliphatic rings. The minimum atomic E-state index is -3.77. The molecule has 1 unspecified atom stereocenters. The highest BCUT2D eigenvalue weighted by Crippen LogP contribution is 2.29. The average Bonchev–Trinajstić information content (AvgIpc) is 2.40. The number of rotatable bonds is 7. The van der Waals surface area contributed by atoms with Gasteiger partial charge in [0.1, 0.15) is 4.90 Å². The zero-order chi connectivity index (χ0) is 15.3. The zero-order valence-electron chi connectivity index (χ0n) is 11.2. The first-order valence-electron chi connectivity index (χ1n) is 5.95. The zero-order valence-corrected chi connectivity index (χ0v) is 14.3. The average molecular weight is 358 g/mol. The van der Waals surface area contributed by atoms with Crippen molar-refractivity contribution in [3.8, 4) is 0 Å². The molecule has 2 N–H and O–H groups in total. The van der Waals surface area contributed by atoms with Crippen molar-refractivity contribution in [1.82, 2.24) is 4.72 Å². The van der Waals surface area contributed by atoms with E-state index in [1.54, 1.807) is 11.8 Å². The number of benzene rings is 1. The van der Waals surface area contributed by atoms with Crippen LogP contribution in [0.5, 0.6) is 0 Å². The molecule has 114 valence electrons. The molecule has 8 heteroatoms. The molecule has 0 aliphatic carbocycles. The summed E-state index contributed by atoms with van der Waals surface area (Å²) >= 11 is 13.5. The maximum absolute atomic E-state index is 12.4. The standard InChI is InChI=1S/C12H17Cl2NO3S2/c1-3-10(7-19-2)15-20(17,18)11-5-9(13)4-8(6-16)12(11)14/h4-5,10,15-16H,3,6-7H2,1-2H3. The molecule has 0 aliphatic heterocycles. The monoisotopic (exact) mass is 357 g/mol. The van der Waals surface area contributed by atoms with Gasteiger partial charge < -0.3 is 5.11 Å². The normalized spacial score (nSPS) is 13.4. The predicted octanol–water partition coefficient (Wildman–Crippen LogP) is 2.91. The molecule has 4 nitrogen and oxygen atoms in total. The Hall–Kier alpha value is 0.0200. The molecule has 0 bridgehead atoms. The lowest BCUT2D eigenvalue weighted by atomic mass is 10.2. The van der Waals surface area contributed by atoms with Gasteiger partial charge >= 0.3 is 0 Å². The molecule has 0 heterocycles. The van der Waals surface area contributed by atoms with Crippen LogP contribution in [0, 0.1) is 0 Å². The van der Waals surface area contributed by atoms with Gasteiger partial charge in [0.15, 0.2) is 0 Å². The summed E-state index contributed by atoms with van der Waals surface area (Å²) in [6, 6.07) is 2.56. The van der Waals surface area contributed by atoms with Crippen molar-refractivity contribution in [3.05, 3.63) is 27.7 Å². The number of aliphatic hydroxyl groups excluding tert-OH is 1. The van der Waals surface area contributed by atoms with E-state index in [2.05, 4.69) is 4.72 Å². The van der Waals surface area contributed by atoms with E-state index in [1.807, 2.05) is 13.2 Å². The molecular weight excluding hydrogens is 341 g/mol. The van der Waals surface area contributed by atoms with Gasteiger partial charge in [0, 0.05) is 16.8 Å². The lowest BCUT2D eigenvalue weighted by Crippen LogP contribution is -2.36. The van der Waals surface area contributed by atoms with Crippen LogP contribution in [0.15, 0.2) is 17.0 Å². The van der Waals surface area contributed by atoms with Crippen molar-refractivity contribution in [2.45, 2.75) is 30.9 Å². The van der Waals surface area contributed by atoms with Gasteiger partial charge in [-0.25, -0.2) is 13.1 Å².